The van der Waals surface area contributed by atoms with E-state index in [2.05, 4.69) is 31.7 Å². The Labute approximate surface area is 98.2 Å². The van der Waals surface area contributed by atoms with Crippen LogP contribution in [0.15, 0.2) is 36.0 Å². The van der Waals surface area contributed by atoms with Gasteiger partial charge in [0.25, 0.3) is 0 Å². The molecule has 0 aromatic heterocycles. The second-order valence-corrected chi connectivity index (χ2v) is 4.41. The van der Waals surface area contributed by atoms with Gasteiger partial charge in [-0.1, -0.05) is 36.0 Å². The molecule has 0 saturated heterocycles. The number of allylic oxidation sites excluding steroid dienone is 5. The van der Waals surface area contributed by atoms with Gasteiger partial charge in [-0.15, -0.1) is 0 Å². The lowest BCUT2D eigenvalue weighted by Crippen LogP contribution is -2.33. The molecule has 2 heteroatoms. The molecule has 1 saturated carbocycles. The molecule has 0 heterocycles. The van der Waals surface area contributed by atoms with Crippen molar-refractivity contribution in [1.82, 2.24) is 0 Å². The highest BCUT2D eigenvalue weighted by Crippen LogP contribution is 2.35. The fourth-order valence-corrected chi connectivity index (χ4v) is 1.69. The van der Waals surface area contributed by atoms with Crippen LogP contribution < -0.4 is 0 Å². The molecule has 2 nitrogen and oxygen atoms in total. The van der Waals surface area contributed by atoms with Gasteiger partial charge in [0, 0.05) is 6.92 Å². The first-order valence-corrected chi connectivity index (χ1v) is 5.74. The van der Waals surface area contributed by atoms with E-state index in [1.807, 2.05) is 6.92 Å². The largest absolute Gasteiger partial charge is 0.478 e. The maximum absolute atomic E-state index is 7.23. The Morgan fingerprint density at radius 2 is 1.94 bits per heavy atom. The van der Waals surface area contributed by atoms with Gasteiger partial charge in [0.15, 0.2) is 5.90 Å². The topological polar surface area (TPSA) is 33.1 Å². The molecule has 0 radical (unpaired) electrons. The lowest BCUT2D eigenvalue weighted by molar-refractivity contribution is 0.0700. The highest BCUT2D eigenvalue weighted by atomic mass is 16.5. The average molecular weight is 219 g/mol. The summed E-state index contributed by atoms with van der Waals surface area (Å²) in [4.78, 5) is 0. The van der Waals surface area contributed by atoms with Gasteiger partial charge in [0.2, 0.25) is 0 Å². The Hall–Kier alpha value is -1.31. The van der Waals surface area contributed by atoms with Crippen molar-refractivity contribution in [2.75, 3.05) is 0 Å². The minimum atomic E-state index is 0.232. The first-order chi connectivity index (χ1) is 7.52. The summed E-state index contributed by atoms with van der Waals surface area (Å²) in [5.41, 5.74) is 2.42. The standard InChI is InChI=1S/C14H21NO/c1-5-10(2)6-7-11(3)13-8-14(9-13)16-12(4)15/h5-7,13-15H,3,8-9H2,1-2,4H3/b7-6-,10-5-,15-12?/t13-,14-. The number of rotatable bonds is 4. The second-order valence-electron chi connectivity index (χ2n) is 4.41. The van der Waals surface area contributed by atoms with Crippen LogP contribution in [0.4, 0.5) is 0 Å². The summed E-state index contributed by atoms with van der Waals surface area (Å²) in [7, 11) is 0. The summed E-state index contributed by atoms with van der Waals surface area (Å²) in [6.07, 6.45) is 8.49. The monoisotopic (exact) mass is 219 g/mol. The van der Waals surface area contributed by atoms with Crippen molar-refractivity contribution in [2.45, 2.75) is 39.7 Å². The predicted octanol–water partition coefficient (Wildman–Crippen LogP) is 3.86. The molecule has 1 N–H and O–H groups in total. The highest BCUT2D eigenvalue weighted by Gasteiger charge is 2.31. The number of hydrogen-bond acceptors (Lipinski definition) is 2. The van der Waals surface area contributed by atoms with Crippen molar-refractivity contribution in [3.05, 3.63) is 36.0 Å². The maximum atomic E-state index is 7.23. The first-order valence-electron chi connectivity index (χ1n) is 5.74. The Kier molecular flexibility index (Phi) is 4.53. The summed E-state index contributed by atoms with van der Waals surface area (Å²) in [5, 5.41) is 7.23. The summed E-state index contributed by atoms with van der Waals surface area (Å²) in [6.45, 7) is 9.86. The average Bonchev–Trinajstić information content (AvgIpc) is 2.18. The van der Waals surface area contributed by atoms with Gasteiger partial charge in [0.05, 0.1) is 0 Å². The third-order valence-corrected chi connectivity index (χ3v) is 2.98. The first kappa shape index (κ1) is 12.8. The quantitative estimate of drug-likeness (QED) is 0.435. The summed E-state index contributed by atoms with van der Waals surface area (Å²) in [5.74, 6) is 0.847. The molecule has 1 rings (SSSR count). The Bertz CT molecular complexity index is 333. The Morgan fingerprint density at radius 1 is 1.31 bits per heavy atom. The van der Waals surface area contributed by atoms with Crippen LogP contribution in [-0.4, -0.2) is 12.0 Å². The minimum absolute atomic E-state index is 0.232. The van der Waals surface area contributed by atoms with E-state index in [1.165, 1.54) is 11.1 Å². The van der Waals surface area contributed by atoms with E-state index in [9.17, 15) is 0 Å². The molecule has 0 atom stereocenters. The lowest BCUT2D eigenvalue weighted by Gasteiger charge is -2.35. The summed E-state index contributed by atoms with van der Waals surface area (Å²) >= 11 is 0. The number of hydrogen-bond donors (Lipinski definition) is 1. The van der Waals surface area contributed by atoms with Crippen LogP contribution >= 0.6 is 0 Å². The van der Waals surface area contributed by atoms with Gasteiger partial charge in [-0.25, -0.2) is 0 Å². The van der Waals surface area contributed by atoms with Crippen LogP contribution in [0.3, 0.4) is 0 Å². The van der Waals surface area contributed by atoms with Gasteiger partial charge in [-0.3, -0.25) is 5.41 Å². The van der Waals surface area contributed by atoms with Crippen LogP contribution in [-0.2, 0) is 4.74 Å². The maximum Gasteiger partial charge on any atom is 0.177 e. The molecule has 0 aromatic rings. The van der Waals surface area contributed by atoms with E-state index in [0.29, 0.717) is 11.8 Å². The molecule has 1 aliphatic carbocycles. The molecule has 0 amide bonds. The normalized spacial score (nSPS) is 25.3. The molecule has 0 aromatic carbocycles. The zero-order valence-corrected chi connectivity index (χ0v) is 10.4. The van der Waals surface area contributed by atoms with E-state index in [1.54, 1.807) is 6.92 Å². The zero-order valence-electron chi connectivity index (χ0n) is 10.4. The van der Waals surface area contributed by atoms with Crippen LogP contribution in [0.5, 0.6) is 0 Å². The molecule has 0 bridgehead atoms. The van der Waals surface area contributed by atoms with Crippen molar-refractivity contribution in [3.63, 3.8) is 0 Å². The van der Waals surface area contributed by atoms with Crippen molar-refractivity contribution >= 4 is 5.90 Å². The number of nitrogens with one attached hydrogen (secondary N) is 1. The lowest BCUT2D eigenvalue weighted by atomic mass is 9.77. The fourth-order valence-electron chi connectivity index (χ4n) is 1.69. The zero-order chi connectivity index (χ0) is 12.1. The van der Waals surface area contributed by atoms with Gasteiger partial charge in [0.1, 0.15) is 6.10 Å². The van der Waals surface area contributed by atoms with Crippen LogP contribution in [0, 0.1) is 11.3 Å². The molecule has 0 unspecified atom stereocenters. The van der Waals surface area contributed by atoms with Crippen LogP contribution in [0.2, 0.25) is 0 Å². The second kappa shape index (κ2) is 5.69. The molecule has 16 heavy (non-hydrogen) atoms. The summed E-state index contributed by atoms with van der Waals surface area (Å²) < 4.78 is 5.32. The molecule has 1 aliphatic rings. The van der Waals surface area contributed by atoms with E-state index >= 15 is 0 Å². The van der Waals surface area contributed by atoms with Gasteiger partial charge in [-0.05, 0) is 32.6 Å². The van der Waals surface area contributed by atoms with Crippen LogP contribution in [0.25, 0.3) is 0 Å². The molecule has 0 spiro atoms. The SMILES string of the molecule is C=C(/C=C\C(C)=C/C)[C@H]1C[C@H](OC(C)=N)C1. The van der Waals surface area contributed by atoms with Crippen molar-refractivity contribution in [1.29, 1.82) is 5.41 Å². The third kappa shape index (κ3) is 3.69. The van der Waals surface area contributed by atoms with E-state index in [4.69, 9.17) is 10.1 Å². The highest BCUT2D eigenvalue weighted by molar-refractivity contribution is 5.69. The predicted molar refractivity (Wildman–Crippen MR) is 68.7 cm³/mol. The summed E-state index contributed by atoms with van der Waals surface area (Å²) in [6, 6.07) is 0. The third-order valence-electron chi connectivity index (χ3n) is 2.98. The van der Waals surface area contributed by atoms with Gasteiger partial charge >= 0.3 is 0 Å². The Balaban J connectivity index is 2.32. The Morgan fingerprint density at radius 3 is 2.44 bits per heavy atom. The van der Waals surface area contributed by atoms with E-state index in [-0.39, 0.29) is 6.10 Å². The van der Waals surface area contributed by atoms with Crippen molar-refractivity contribution < 1.29 is 4.74 Å². The fraction of sp³-hybridized carbons (Fsp3) is 0.500. The molecule has 88 valence electrons. The molecular formula is C14H21NO. The number of ether oxygens (including phenoxy) is 1. The molecular weight excluding hydrogens is 198 g/mol. The van der Waals surface area contributed by atoms with Gasteiger partial charge < -0.3 is 4.74 Å². The minimum Gasteiger partial charge on any atom is -0.478 e. The van der Waals surface area contributed by atoms with Crippen molar-refractivity contribution in [3.8, 4) is 0 Å². The van der Waals surface area contributed by atoms with E-state index in [0.717, 1.165) is 12.8 Å². The van der Waals surface area contributed by atoms with Crippen molar-refractivity contribution in [2.24, 2.45) is 5.92 Å². The van der Waals surface area contributed by atoms with E-state index < -0.39 is 0 Å². The molecule has 0 aliphatic heterocycles. The van der Waals surface area contributed by atoms with Gasteiger partial charge in [-0.2, -0.15) is 0 Å². The smallest absolute Gasteiger partial charge is 0.177 e. The van der Waals surface area contributed by atoms with Crippen LogP contribution in [0.1, 0.15) is 33.6 Å². The molecule has 1 fully saturated rings.